The lowest BCUT2D eigenvalue weighted by Gasteiger charge is -2.12. The van der Waals surface area contributed by atoms with Crippen molar-refractivity contribution in [1.82, 2.24) is 10.6 Å². The summed E-state index contributed by atoms with van der Waals surface area (Å²) in [5.41, 5.74) is 0. The molecule has 0 aromatic heterocycles. The van der Waals surface area contributed by atoms with Gasteiger partial charge in [0.15, 0.2) is 0 Å². The zero-order chi connectivity index (χ0) is 13.4. The average molecular weight is 256 g/mol. The van der Waals surface area contributed by atoms with Crippen LogP contribution < -0.4 is 10.6 Å². The molecule has 0 aromatic carbocycles. The topological polar surface area (TPSA) is 78.4 Å². The Hall–Kier alpha value is -1.10. The quantitative estimate of drug-likeness (QED) is 0.605. The van der Waals surface area contributed by atoms with Gasteiger partial charge in [0, 0.05) is 19.4 Å². The molecule has 1 heterocycles. The number of carboxylic acids is 1. The molecule has 2 atom stereocenters. The predicted molar refractivity (Wildman–Crippen MR) is 69.3 cm³/mol. The van der Waals surface area contributed by atoms with Crippen LogP contribution in [0.25, 0.3) is 0 Å². The highest BCUT2D eigenvalue weighted by Gasteiger charge is 2.17. The Labute approximate surface area is 108 Å². The van der Waals surface area contributed by atoms with Gasteiger partial charge in [0.25, 0.3) is 0 Å². The Morgan fingerprint density at radius 3 is 2.83 bits per heavy atom. The van der Waals surface area contributed by atoms with E-state index in [1.807, 2.05) is 6.92 Å². The van der Waals surface area contributed by atoms with Crippen LogP contribution in [0.5, 0.6) is 0 Å². The third-order valence-electron chi connectivity index (χ3n) is 3.45. The van der Waals surface area contributed by atoms with Gasteiger partial charge >= 0.3 is 5.97 Å². The van der Waals surface area contributed by atoms with Crippen molar-refractivity contribution in [1.29, 1.82) is 0 Å². The minimum atomic E-state index is -0.750. The molecule has 18 heavy (non-hydrogen) atoms. The van der Waals surface area contributed by atoms with E-state index >= 15 is 0 Å². The second kappa shape index (κ2) is 8.08. The maximum Gasteiger partial charge on any atom is 0.303 e. The van der Waals surface area contributed by atoms with E-state index in [1.165, 1.54) is 0 Å². The molecule has 104 valence electrons. The van der Waals surface area contributed by atoms with Crippen LogP contribution >= 0.6 is 0 Å². The molecule has 1 aliphatic heterocycles. The van der Waals surface area contributed by atoms with E-state index in [0.717, 1.165) is 25.9 Å². The van der Waals surface area contributed by atoms with Crippen molar-refractivity contribution < 1.29 is 14.7 Å². The van der Waals surface area contributed by atoms with Crippen LogP contribution in [0.4, 0.5) is 0 Å². The van der Waals surface area contributed by atoms with Crippen LogP contribution in [0, 0.1) is 11.8 Å². The summed E-state index contributed by atoms with van der Waals surface area (Å²) in [6, 6.07) is 0. The first-order valence-electron chi connectivity index (χ1n) is 6.77. The van der Waals surface area contributed by atoms with E-state index in [0.29, 0.717) is 31.2 Å². The fraction of sp³-hybridized carbons (Fsp3) is 0.846. The van der Waals surface area contributed by atoms with E-state index in [9.17, 15) is 9.59 Å². The van der Waals surface area contributed by atoms with E-state index in [-0.39, 0.29) is 12.3 Å². The summed E-state index contributed by atoms with van der Waals surface area (Å²) in [5, 5.41) is 14.7. The predicted octanol–water partition coefficient (Wildman–Crippen LogP) is 0.993. The number of nitrogens with one attached hydrogen (secondary N) is 2. The van der Waals surface area contributed by atoms with Crippen molar-refractivity contribution in [2.24, 2.45) is 11.8 Å². The first-order valence-corrected chi connectivity index (χ1v) is 6.77. The smallest absolute Gasteiger partial charge is 0.303 e. The van der Waals surface area contributed by atoms with Gasteiger partial charge < -0.3 is 15.7 Å². The molecule has 0 aromatic rings. The summed E-state index contributed by atoms with van der Waals surface area (Å²) in [4.78, 5) is 22.0. The van der Waals surface area contributed by atoms with Gasteiger partial charge in [-0.25, -0.2) is 0 Å². The molecule has 1 saturated heterocycles. The minimum absolute atomic E-state index is 0.120. The van der Waals surface area contributed by atoms with Crippen LogP contribution in [-0.4, -0.2) is 36.6 Å². The van der Waals surface area contributed by atoms with Crippen LogP contribution in [-0.2, 0) is 9.59 Å². The maximum absolute atomic E-state index is 11.6. The minimum Gasteiger partial charge on any atom is -0.481 e. The van der Waals surface area contributed by atoms with Crippen molar-refractivity contribution in [2.75, 3.05) is 19.6 Å². The second-order valence-corrected chi connectivity index (χ2v) is 5.24. The van der Waals surface area contributed by atoms with E-state index < -0.39 is 5.97 Å². The molecule has 1 fully saturated rings. The highest BCUT2D eigenvalue weighted by Crippen LogP contribution is 2.12. The average Bonchev–Trinajstić information content (AvgIpc) is 2.79. The van der Waals surface area contributed by atoms with Gasteiger partial charge in [0.05, 0.1) is 0 Å². The van der Waals surface area contributed by atoms with Gasteiger partial charge in [-0.15, -0.1) is 0 Å². The van der Waals surface area contributed by atoms with Crippen molar-refractivity contribution in [3.05, 3.63) is 0 Å². The Morgan fingerprint density at radius 1 is 1.44 bits per heavy atom. The summed E-state index contributed by atoms with van der Waals surface area (Å²) in [7, 11) is 0. The van der Waals surface area contributed by atoms with Gasteiger partial charge in [-0.2, -0.15) is 0 Å². The molecule has 1 aliphatic rings. The highest BCUT2D eigenvalue weighted by molar-refractivity contribution is 5.76. The molecule has 0 spiro atoms. The third kappa shape index (κ3) is 6.59. The summed E-state index contributed by atoms with van der Waals surface area (Å²) >= 11 is 0. The first kappa shape index (κ1) is 15.0. The van der Waals surface area contributed by atoms with Crippen LogP contribution in [0.15, 0.2) is 0 Å². The van der Waals surface area contributed by atoms with Gasteiger partial charge in [-0.3, -0.25) is 9.59 Å². The number of carbonyl (C=O) groups is 2. The summed E-state index contributed by atoms with van der Waals surface area (Å²) < 4.78 is 0. The molecular weight excluding hydrogens is 232 g/mol. The zero-order valence-electron chi connectivity index (χ0n) is 11.1. The Bertz CT molecular complexity index is 275. The Morgan fingerprint density at radius 2 is 2.22 bits per heavy atom. The molecule has 5 nitrogen and oxygen atoms in total. The van der Waals surface area contributed by atoms with Gasteiger partial charge in [-0.05, 0) is 44.2 Å². The SMILES string of the molecule is CC(CCNC(=O)CC1CCNC1)CCC(=O)O. The number of rotatable bonds is 8. The standard InChI is InChI=1S/C13H24N2O3/c1-10(2-3-13(17)18)4-7-15-12(16)8-11-5-6-14-9-11/h10-11,14H,2-9H2,1H3,(H,15,16)(H,17,18). The fourth-order valence-corrected chi connectivity index (χ4v) is 2.20. The maximum atomic E-state index is 11.6. The number of hydrogen-bond donors (Lipinski definition) is 3. The van der Waals surface area contributed by atoms with Crippen LogP contribution in [0.2, 0.25) is 0 Å². The lowest BCUT2D eigenvalue weighted by molar-refractivity contribution is -0.137. The van der Waals surface area contributed by atoms with Crippen LogP contribution in [0.3, 0.4) is 0 Å². The number of carbonyl (C=O) groups excluding carboxylic acids is 1. The van der Waals surface area contributed by atoms with E-state index in [1.54, 1.807) is 0 Å². The largest absolute Gasteiger partial charge is 0.481 e. The molecule has 5 heteroatoms. The van der Waals surface area contributed by atoms with E-state index in [2.05, 4.69) is 10.6 Å². The summed E-state index contributed by atoms with van der Waals surface area (Å²) in [5.74, 6) is 0.192. The van der Waals surface area contributed by atoms with Crippen molar-refractivity contribution >= 4 is 11.9 Å². The normalized spacial score (nSPS) is 20.6. The van der Waals surface area contributed by atoms with Gasteiger partial charge in [-0.1, -0.05) is 6.92 Å². The first-order chi connectivity index (χ1) is 8.58. The molecular formula is C13H24N2O3. The summed E-state index contributed by atoms with van der Waals surface area (Å²) in [6.45, 7) is 4.64. The van der Waals surface area contributed by atoms with E-state index in [4.69, 9.17) is 5.11 Å². The molecule has 0 radical (unpaired) electrons. The number of hydrogen-bond acceptors (Lipinski definition) is 3. The Kier molecular flexibility index (Phi) is 6.72. The zero-order valence-corrected chi connectivity index (χ0v) is 11.1. The van der Waals surface area contributed by atoms with Crippen LogP contribution in [0.1, 0.15) is 39.0 Å². The monoisotopic (exact) mass is 256 g/mol. The third-order valence-corrected chi connectivity index (χ3v) is 3.45. The molecule has 3 N–H and O–H groups in total. The van der Waals surface area contributed by atoms with Gasteiger partial charge in [0.1, 0.15) is 0 Å². The molecule has 0 bridgehead atoms. The molecule has 1 amide bonds. The summed E-state index contributed by atoms with van der Waals surface area (Å²) in [6.07, 6.45) is 3.43. The second-order valence-electron chi connectivity index (χ2n) is 5.24. The van der Waals surface area contributed by atoms with Gasteiger partial charge in [0.2, 0.25) is 5.91 Å². The molecule has 1 rings (SSSR count). The molecule has 0 aliphatic carbocycles. The number of aliphatic carboxylic acids is 1. The van der Waals surface area contributed by atoms with Crippen molar-refractivity contribution in [2.45, 2.75) is 39.0 Å². The van der Waals surface area contributed by atoms with Crippen molar-refractivity contribution in [3.8, 4) is 0 Å². The Balaban J connectivity index is 2.02. The number of amides is 1. The van der Waals surface area contributed by atoms with Crippen molar-refractivity contribution in [3.63, 3.8) is 0 Å². The highest BCUT2D eigenvalue weighted by atomic mass is 16.4. The molecule has 2 unspecified atom stereocenters. The number of carboxylic acid groups (broad SMARTS) is 1. The fourth-order valence-electron chi connectivity index (χ4n) is 2.20. The lowest BCUT2D eigenvalue weighted by Crippen LogP contribution is -2.28. The molecule has 0 saturated carbocycles. The lowest BCUT2D eigenvalue weighted by atomic mass is 10.0.